The van der Waals surface area contributed by atoms with Crippen LogP contribution in [-0.4, -0.2) is 5.78 Å². The van der Waals surface area contributed by atoms with E-state index in [0.717, 1.165) is 12.0 Å². The van der Waals surface area contributed by atoms with Crippen LogP contribution in [-0.2, 0) is 6.42 Å². The molecule has 2 nitrogen and oxygen atoms in total. The van der Waals surface area contributed by atoms with E-state index in [2.05, 4.69) is 0 Å². The minimum absolute atomic E-state index is 0.219. The number of carbonyl (C=O) groups excluding carboxylic acids is 1. The molecule has 0 saturated heterocycles. The van der Waals surface area contributed by atoms with Crippen molar-refractivity contribution in [1.82, 2.24) is 0 Å². The van der Waals surface area contributed by atoms with Crippen molar-refractivity contribution in [3.63, 3.8) is 0 Å². The van der Waals surface area contributed by atoms with Crippen molar-refractivity contribution in [1.29, 1.82) is 0 Å². The molecular formula is C15H14FNO. The van der Waals surface area contributed by atoms with Crippen LogP contribution in [0.5, 0.6) is 0 Å². The van der Waals surface area contributed by atoms with Crippen LogP contribution < -0.4 is 5.73 Å². The van der Waals surface area contributed by atoms with Gasteiger partial charge in [0, 0.05) is 16.8 Å². The molecule has 3 heteroatoms. The number of carbonyl (C=O) groups is 1. The molecule has 0 aliphatic heterocycles. The fourth-order valence-electron chi connectivity index (χ4n) is 1.80. The first kappa shape index (κ1) is 12.3. The summed E-state index contributed by atoms with van der Waals surface area (Å²) < 4.78 is 13.2. The van der Waals surface area contributed by atoms with Gasteiger partial charge in [0.15, 0.2) is 5.78 Å². The number of hydrogen-bond acceptors (Lipinski definition) is 2. The number of nitrogens with two attached hydrogens (primary N) is 1. The molecule has 0 amide bonds. The lowest BCUT2D eigenvalue weighted by Crippen LogP contribution is -2.03. The average molecular weight is 243 g/mol. The van der Waals surface area contributed by atoms with Crippen molar-refractivity contribution < 1.29 is 9.18 Å². The van der Waals surface area contributed by atoms with Crippen molar-refractivity contribution in [3.8, 4) is 0 Å². The van der Waals surface area contributed by atoms with Gasteiger partial charge in [-0.3, -0.25) is 4.79 Å². The van der Waals surface area contributed by atoms with Gasteiger partial charge in [0.05, 0.1) is 0 Å². The Morgan fingerprint density at radius 3 is 2.33 bits per heavy atom. The van der Waals surface area contributed by atoms with E-state index in [0.29, 0.717) is 5.56 Å². The summed E-state index contributed by atoms with van der Waals surface area (Å²) in [5, 5.41) is 0. The summed E-state index contributed by atoms with van der Waals surface area (Å²) in [7, 11) is 0. The Hall–Kier alpha value is -2.16. The minimum atomic E-state index is -0.497. The maximum absolute atomic E-state index is 13.2. The molecule has 0 unspecified atom stereocenters. The Bertz CT molecular complexity index is 555. The number of aryl methyl sites for hydroxylation is 1. The number of anilines is 1. The number of rotatable bonds is 3. The second-order valence-electron chi connectivity index (χ2n) is 4.15. The summed E-state index contributed by atoms with van der Waals surface area (Å²) >= 11 is 0. The van der Waals surface area contributed by atoms with Gasteiger partial charge < -0.3 is 5.73 Å². The molecule has 0 fully saturated rings. The van der Waals surface area contributed by atoms with Gasteiger partial charge in [-0.05, 0) is 30.2 Å². The molecule has 0 radical (unpaired) electrons. The van der Waals surface area contributed by atoms with Gasteiger partial charge in [0.25, 0.3) is 0 Å². The number of halogens is 1. The molecule has 0 spiro atoms. The zero-order valence-corrected chi connectivity index (χ0v) is 10.1. The number of ketones is 1. The van der Waals surface area contributed by atoms with E-state index < -0.39 is 5.82 Å². The number of benzene rings is 2. The molecule has 18 heavy (non-hydrogen) atoms. The zero-order valence-electron chi connectivity index (χ0n) is 10.1. The van der Waals surface area contributed by atoms with E-state index in [1.807, 2.05) is 19.1 Å². The molecule has 0 aliphatic carbocycles. The molecule has 2 rings (SSSR count). The Balaban J connectivity index is 2.34. The Morgan fingerprint density at radius 2 is 1.78 bits per heavy atom. The van der Waals surface area contributed by atoms with Gasteiger partial charge in [-0.1, -0.05) is 31.2 Å². The first-order valence-corrected chi connectivity index (χ1v) is 5.80. The third-order valence-corrected chi connectivity index (χ3v) is 2.81. The summed E-state index contributed by atoms with van der Waals surface area (Å²) in [4.78, 5) is 12.1. The Morgan fingerprint density at radius 1 is 1.11 bits per heavy atom. The lowest BCUT2D eigenvalue weighted by atomic mass is 10.0. The number of nitrogen functional groups attached to an aromatic ring is 1. The highest BCUT2D eigenvalue weighted by Crippen LogP contribution is 2.16. The second-order valence-corrected chi connectivity index (χ2v) is 4.15. The van der Waals surface area contributed by atoms with E-state index in [4.69, 9.17) is 5.73 Å². The van der Waals surface area contributed by atoms with Gasteiger partial charge in [0.2, 0.25) is 0 Å². The van der Waals surface area contributed by atoms with Crippen molar-refractivity contribution >= 4 is 11.5 Å². The first-order chi connectivity index (χ1) is 8.60. The predicted octanol–water partition coefficient (Wildman–Crippen LogP) is 3.20. The van der Waals surface area contributed by atoms with E-state index in [-0.39, 0.29) is 17.0 Å². The molecule has 2 aromatic carbocycles. The quantitative estimate of drug-likeness (QED) is 0.664. The Labute approximate surface area is 105 Å². The highest BCUT2D eigenvalue weighted by Gasteiger charge is 2.10. The minimum Gasteiger partial charge on any atom is -0.399 e. The van der Waals surface area contributed by atoms with Crippen LogP contribution >= 0.6 is 0 Å². The van der Waals surface area contributed by atoms with Gasteiger partial charge in [-0.25, -0.2) is 4.39 Å². The molecule has 2 aromatic rings. The molecule has 0 saturated carbocycles. The van der Waals surface area contributed by atoms with E-state index in [1.54, 1.807) is 12.1 Å². The van der Waals surface area contributed by atoms with Crippen molar-refractivity contribution in [2.75, 3.05) is 5.73 Å². The monoisotopic (exact) mass is 243 g/mol. The maximum atomic E-state index is 13.2. The lowest BCUT2D eigenvalue weighted by Gasteiger charge is -2.04. The maximum Gasteiger partial charge on any atom is 0.193 e. The van der Waals surface area contributed by atoms with Crippen LogP contribution in [0.25, 0.3) is 0 Å². The molecule has 0 heterocycles. The van der Waals surface area contributed by atoms with Gasteiger partial charge in [-0.15, -0.1) is 0 Å². The summed E-state index contributed by atoms with van der Waals surface area (Å²) in [6, 6.07) is 11.2. The van der Waals surface area contributed by atoms with Gasteiger partial charge in [-0.2, -0.15) is 0 Å². The standard InChI is InChI=1S/C15H14FNO/c1-2-10-3-5-11(6-4-10)15(18)12-7-13(16)9-14(17)8-12/h3-9H,2,17H2,1H3. The smallest absolute Gasteiger partial charge is 0.193 e. The third kappa shape index (κ3) is 2.56. The summed E-state index contributed by atoms with van der Waals surface area (Å²) in [5.41, 5.74) is 7.75. The highest BCUT2D eigenvalue weighted by atomic mass is 19.1. The van der Waals surface area contributed by atoms with Crippen LogP contribution in [0.15, 0.2) is 42.5 Å². The fraction of sp³-hybridized carbons (Fsp3) is 0.133. The third-order valence-electron chi connectivity index (χ3n) is 2.81. The topological polar surface area (TPSA) is 43.1 Å². The molecule has 2 N–H and O–H groups in total. The Kier molecular flexibility index (Phi) is 3.42. The van der Waals surface area contributed by atoms with Crippen LogP contribution in [0.1, 0.15) is 28.4 Å². The second kappa shape index (κ2) is 5.00. The van der Waals surface area contributed by atoms with Gasteiger partial charge >= 0.3 is 0 Å². The van der Waals surface area contributed by atoms with Crippen molar-refractivity contribution in [2.24, 2.45) is 0 Å². The first-order valence-electron chi connectivity index (χ1n) is 5.80. The van der Waals surface area contributed by atoms with Gasteiger partial charge in [0.1, 0.15) is 5.82 Å². The van der Waals surface area contributed by atoms with Crippen molar-refractivity contribution in [3.05, 3.63) is 65.0 Å². The van der Waals surface area contributed by atoms with E-state index in [9.17, 15) is 9.18 Å². The highest BCUT2D eigenvalue weighted by molar-refractivity contribution is 6.09. The molecular weight excluding hydrogens is 229 g/mol. The van der Waals surface area contributed by atoms with E-state index >= 15 is 0 Å². The fourth-order valence-corrected chi connectivity index (χ4v) is 1.80. The van der Waals surface area contributed by atoms with E-state index in [1.165, 1.54) is 18.2 Å². The molecule has 0 aliphatic rings. The summed E-state index contributed by atoms with van der Waals surface area (Å²) in [6.07, 6.45) is 0.918. The average Bonchev–Trinajstić information content (AvgIpc) is 2.37. The molecule has 0 atom stereocenters. The number of hydrogen-bond donors (Lipinski definition) is 1. The van der Waals surface area contributed by atoms with Crippen molar-refractivity contribution in [2.45, 2.75) is 13.3 Å². The normalized spacial score (nSPS) is 10.3. The zero-order chi connectivity index (χ0) is 13.1. The largest absolute Gasteiger partial charge is 0.399 e. The molecule has 92 valence electrons. The van der Waals surface area contributed by atoms with Crippen LogP contribution in [0.4, 0.5) is 10.1 Å². The van der Waals surface area contributed by atoms with Crippen LogP contribution in [0.2, 0.25) is 0 Å². The van der Waals surface area contributed by atoms with Crippen LogP contribution in [0, 0.1) is 5.82 Å². The summed E-state index contributed by atoms with van der Waals surface area (Å²) in [6.45, 7) is 2.05. The molecule has 0 bridgehead atoms. The molecule has 0 aromatic heterocycles. The lowest BCUT2D eigenvalue weighted by molar-refractivity contribution is 0.103. The summed E-state index contributed by atoms with van der Waals surface area (Å²) in [5.74, 6) is -0.715. The predicted molar refractivity (Wildman–Crippen MR) is 70.1 cm³/mol. The van der Waals surface area contributed by atoms with Crippen LogP contribution in [0.3, 0.4) is 0 Å². The SMILES string of the molecule is CCc1ccc(C(=O)c2cc(N)cc(F)c2)cc1.